The van der Waals surface area contributed by atoms with Gasteiger partial charge < -0.3 is 5.32 Å². The maximum Gasteiger partial charge on any atom is 0.261 e. The fraction of sp³-hybridized carbons (Fsp3) is 0.643. The molecule has 7 heteroatoms. The Balaban J connectivity index is 2.96. The van der Waals surface area contributed by atoms with Crippen molar-refractivity contribution in [1.82, 2.24) is 5.32 Å². The van der Waals surface area contributed by atoms with Gasteiger partial charge in [0.05, 0.1) is 9.77 Å². The Kier molecular flexibility index (Phi) is 4.92. The van der Waals surface area contributed by atoms with Gasteiger partial charge in [-0.1, -0.05) is 20.8 Å². The van der Waals surface area contributed by atoms with Gasteiger partial charge in [-0.05, 0) is 38.7 Å². The van der Waals surface area contributed by atoms with E-state index in [9.17, 15) is 13.2 Å². The first-order valence-electron chi connectivity index (χ1n) is 6.67. The summed E-state index contributed by atoms with van der Waals surface area (Å²) in [7, 11) is -3.79. The van der Waals surface area contributed by atoms with Crippen LogP contribution < -0.4 is 10.5 Å². The second kappa shape index (κ2) is 5.70. The number of sulfonamides is 1. The van der Waals surface area contributed by atoms with Crippen LogP contribution in [0.1, 0.15) is 55.6 Å². The van der Waals surface area contributed by atoms with Crippen molar-refractivity contribution in [2.75, 3.05) is 0 Å². The minimum atomic E-state index is -3.79. The summed E-state index contributed by atoms with van der Waals surface area (Å²) >= 11 is 1.14. The van der Waals surface area contributed by atoms with Gasteiger partial charge in [-0.2, -0.15) is 0 Å². The molecule has 1 aromatic heterocycles. The molecule has 120 valence electrons. The topological polar surface area (TPSA) is 89.3 Å². The standard InChI is InChI=1S/C14H24N2O3S2/c1-9-11(21(15,18)19)7-10(20-9)12(17)16-14(5,6)8-13(2,3)4/h7H,8H2,1-6H3,(H,16,17)(H2,15,18,19). The summed E-state index contributed by atoms with van der Waals surface area (Å²) in [4.78, 5) is 13.2. The van der Waals surface area contributed by atoms with Crippen LogP contribution >= 0.6 is 11.3 Å². The van der Waals surface area contributed by atoms with E-state index < -0.39 is 10.0 Å². The molecule has 21 heavy (non-hydrogen) atoms. The smallest absolute Gasteiger partial charge is 0.261 e. The van der Waals surface area contributed by atoms with Crippen molar-refractivity contribution >= 4 is 27.3 Å². The first-order chi connectivity index (χ1) is 9.21. The summed E-state index contributed by atoms with van der Waals surface area (Å²) in [6.45, 7) is 11.9. The number of rotatable bonds is 4. The fourth-order valence-electron chi connectivity index (χ4n) is 2.60. The molecule has 0 saturated heterocycles. The molecule has 1 aromatic rings. The number of hydrogen-bond acceptors (Lipinski definition) is 4. The Bertz CT molecular complexity index is 638. The molecular formula is C14H24N2O3S2. The van der Waals surface area contributed by atoms with Crippen LogP contribution in [0.4, 0.5) is 0 Å². The van der Waals surface area contributed by atoms with E-state index in [1.807, 2.05) is 13.8 Å². The highest BCUT2D eigenvalue weighted by Gasteiger charge is 2.28. The lowest BCUT2D eigenvalue weighted by Crippen LogP contribution is -2.45. The Hall–Kier alpha value is -0.920. The predicted molar refractivity (Wildman–Crippen MR) is 86.0 cm³/mol. The van der Waals surface area contributed by atoms with Gasteiger partial charge in [0.25, 0.3) is 5.91 Å². The van der Waals surface area contributed by atoms with Crippen molar-refractivity contribution in [1.29, 1.82) is 0 Å². The zero-order valence-electron chi connectivity index (χ0n) is 13.4. The molecule has 1 rings (SSSR count). The average molecular weight is 332 g/mol. The van der Waals surface area contributed by atoms with Gasteiger partial charge in [0.15, 0.2) is 0 Å². The minimum Gasteiger partial charge on any atom is -0.346 e. The van der Waals surface area contributed by atoms with E-state index in [0.29, 0.717) is 9.75 Å². The summed E-state index contributed by atoms with van der Waals surface area (Å²) in [6.07, 6.45) is 0.804. The minimum absolute atomic E-state index is 0.0197. The monoisotopic (exact) mass is 332 g/mol. The number of hydrogen-bond donors (Lipinski definition) is 2. The number of amides is 1. The molecule has 0 aliphatic carbocycles. The molecule has 0 aromatic carbocycles. The molecule has 0 radical (unpaired) electrons. The highest BCUT2D eigenvalue weighted by Crippen LogP contribution is 2.29. The van der Waals surface area contributed by atoms with E-state index in [1.54, 1.807) is 6.92 Å². The van der Waals surface area contributed by atoms with Gasteiger partial charge in [-0.3, -0.25) is 4.79 Å². The molecule has 5 nitrogen and oxygen atoms in total. The number of primary sulfonamides is 1. The van der Waals surface area contributed by atoms with Gasteiger partial charge in [-0.25, -0.2) is 13.6 Å². The normalized spacial score (nSPS) is 13.3. The van der Waals surface area contributed by atoms with E-state index in [1.165, 1.54) is 6.07 Å². The molecule has 3 N–H and O–H groups in total. The predicted octanol–water partition coefficient (Wildman–Crippen LogP) is 2.65. The Morgan fingerprint density at radius 2 is 1.81 bits per heavy atom. The van der Waals surface area contributed by atoms with Crippen molar-refractivity contribution in [3.05, 3.63) is 15.8 Å². The Morgan fingerprint density at radius 1 is 1.29 bits per heavy atom. The lowest BCUT2D eigenvalue weighted by Gasteiger charge is -2.33. The molecule has 0 fully saturated rings. The maximum absolute atomic E-state index is 12.3. The highest BCUT2D eigenvalue weighted by atomic mass is 32.2. The maximum atomic E-state index is 12.3. The molecule has 0 bridgehead atoms. The fourth-order valence-corrected chi connectivity index (χ4v) is 4.64. The lowest BCUT2D eigenvalue weighted by atomic mass is 9.82. The number of carbonyl (C=O) groups excluding carboxylic acids is 1. The molecule has 0 aliphatic heterocycles. The van der Waals surface area contributed by atoms with E-state index in [0.717, 1.165) is 17.8 Å². The quantitative estimate of drug-likeness (QED) is 0.888. The lowest BCUT2D eigenvalue weighted by molar-refractivity contribution is 0.0895. The summed E-state index contributed by atoms with van der Waals surface area (Å²) in [6, 6.07) is 1.35. The van der Waals surface area contributed by atoms with Crippen LogP contribution in [0.5, 0.6) is 0 Å². The zero-order chi connectivity index (χ0) is 16.6. The summed E-state index contributed by atoms with van der Waals surface area (Å²) in [5.41, 5.74) is -0.303. The Morgan fingerprint density at radius 3 is 2.19 bits per heavy atom. The number of aryl methyl sites for hydroxylation is 1. The van der Waals surface area contributed by atoms with Crippen molar-refractivity contribution < 1.29 is 13.2 Å². The SMILES string of the molecule is Cc1sc(C(=O)NC(C)(C)CC(C)(C)C)cc1S(N)(=O)=O. The van der Waals surface area contributed by atoms with E-state index >= 15 is 0 Å². The van der Waals surface area contributed by atoms with Gasteiger partial charge in [0.2, 0.25) is 10.0 Å². The van der Waals surface area contributed by atoms with E-state index in [-0.39, 0.29) is 21.8 Å². The third-order valence-electron chi connectivity index (χ3n) is 2.83. The third kappa shape index (κ3) is 5.41. The molecular weight excluding hydrogens is 308 g/mol. The molecule has 0 saturated carbocycles. The van der Waals surface area contributed by atoms with Gasteiger partial charge in [0, 0.05) is 10.4 Å². The summed E-state index contributed by atoms with van der Waals surface area (Å²) in [5, 5.41) is 8.09. The van der Waals surface area contributed by atoms with Crippen molar-refractivity contribution in [3.8, 4) is 0 Å². The van der Waals surface area contributed by atoms with Crippen LogP contribution in [-0.4, -0.2) is 19.9 Å². The Labute approximate surface area is 131 Å². The number of nitrogens with one attached hydrogen (secondary N) is 1. The van der Waals surface area contributed by atoms with Crippen LogP contribution in [-0.2, 0) is 10.0 Å². The van der Waals surface area contributed by atoms with E-state index in [2.05, 4.69) is 26.1 Å². The summed E-state index contributed by atoms with van der Waals surface area (Å²) < 4.78 is 22.8. The van der Waals surface area contributed by atoms with Crippen LogP contribution in [0.25, 0.3) is 0 Å². The molecule has 0 aliphatic rings. The first-order valence-corrected chi connectivity index (χ1v) is 9.03. The molecule has 1 amide bonds. The van der Waals surface area contributed by atoms with Crippen LogP contribution in [0.3, 0.4) is 0 Å². The van der Waals surface area contributed by atoms with Gasteiger partial charge in [-0.15, -0.1) is 11.3 Å². The van der Waals surface area contributed by atoms with Crippen molar-refractivity contribution in [3.63, 3.8) is 0 Å². The number of thiophene rings is 1. The largest absolute Gasteiger partial charge is 0.346 e. The van der Waals surface area contributed by atoms with Gasteiger partial charge in [0.1, 0.15) is 0 Å². The third-order valence-corrected chi connectivity index (χ3v) is 5.04. The zero-order valence-corrected chi connectivity index (χ0v) is 15.0. The van der Waals surface area contributed by atoms with Gasteiger partial charge >= 0.3 is 0 Å². The highest BCUT2D eigenvalue weighted by molar-refractivity contribution is 7.89. The molecule has 0 atom stereocenters. The first kappa shape index (κ1) is 18.1. The molecule has 1 heterocycles. The summed E-state index contributed by atoms with van der Waals surface area (Å²) in [5.74, 6) is -0.271. The van der Waals surface area contributed by atoms with Crippen LogP contribution in [0.2, 0.25) is 0 Å². The second-order valence-electron chi connectivity index (χ2n) is 7.15. The number of nitrogens with two attached hydrogens (primary N) is 1. The van der Waals surface area contributed by atoms with Crippen LogP contribution in [0, 0.1) is 12.3 Å². The average Bonchev–Trinajstić information content (AvgIpc) is 2.54. The van der Waals surface area contributed by atoms with Crippen LogP contribution in [0.15, 0.2) is 11.0 Å². The van der Waals surface area contributed by atoms with Crippen molar-refractivity contribution in [2.24, 2.45) is 10.6 Å². The molecule has 0 unspecified atom stereocenters. The molecule has 0 spiro atoms. The second-order valence-corrected chi connectivity index (χ2v) is 9.94. The van der Waals surface area contributed by atoms with E-state index in [4.69, 9.17) is 5.14 Å². The number of carbonyl (C=O) groups is 1. The van der Waals surface area contributed by atoms with Crippen molar-refractivity contribution in [2.45, 2.75) is 58.4 Å².